The minimum absolute atomic E-state index is 0.138. The zero-order valence-electron chi connectivity index (χ0n) is 14.7. The smallest absolute Gasteiger partial charge is 0.265 e. The highest BCUT2D eigenvalue weighted by atomic mass is 16.5. The van der Waals surface area contributed by atoms with Gasteiger partial charge in [-0.3, -0.25) is 4.79 Å². The van der Waals surface area contributed by atoms with Crippen LogP contribution in [0.1, 0.15) is 38.7 Å². The lowest BCUT2D eigenvalue weighted by atomic mass is 10.0. The van der Waals surface area contributed by atoms with E-state index in [9.17, 15) is 4.79 Å². The maximum absolute atomic E-state index is 12.6. The van der Waals surface area contributed by atoms with Crippen molar-refractivity contribution in [2.45, 2.75) is 39.2 Å². The van der Waals surface area contributed by atoms with E-state index in [-0.39, 0.29) is 5.91 Å². The first kappa shape index (κ1) is 17.9. The van der Waals surface area contributed by atoms with E-state index in [0.717, 1.165) is 17.0 Å². The molecule has 4 heteroatoms. The van der Waals surface area contributed by atoms with Gasteiger partial charge in [-0.25, -0.2) is 0 Å². The molecule has 0 spiro atoms. The zero-order chi connectivity index (χ0) is 17.5. The number of carbonyl (C=O) groups is 1. The number of para-hydroxylation sites is 1. The zero-order valence-corrected chi connectivity index (χ0v) is 14.7. The fourth-order valence-corrected chi connectivity index (χ4v) is 2.47. The van der Waals surface area contributed by atoms with Gasteiger partial charge in [-0.15, -0.1) is 0 Å². The number of carbonyl (C=O) groups excluding carboxylic acids is 1. The second-order valence-corrected chi connectivity index (χ2v) is 5.92. The molecule has 2 aromatic rings. The van der Waals surface area contributed by atoms with Crippen molar-refractivity contribution in [2.24, 2.45) is 0 Å². The van der Waals surface area contributed by atoms with E-state index < -0.39 is 6.10 Å². The average Bonchev–Trinajstić information content (AvgIpc) is 2.60. The maximum Gasteiger partial charge on any atom is 0.265 e. The Morgan fingerprint density at radius 1 is 1.04 bits per heavy atom. The van der Waals surface area contributed by atoms with Crippen LogP contribution in [0.25, 0.3) is 0 Å². The van der Waals surface area contributed by atoms with Gasteiger partial charge in [0.15, 0.2) is 6.10 Å². The normalized spacial score (nSPS) is 11.9. The third-order valence-electron chi connectivity index (χ3n) is 3.84. The number of rotatable bonds is 7. The predicted molar refractivity (Wildman–Crippen MR) is 96.9 cm³/mol. The SMILES string of the molecule is CC[C@@H](Oc1ccc(OC)cc1)C(=O)Nc1ccccc1C(C)C. The monoisotopic (exact) mass is 327 g/mol. The molecule has 1 amide bonds. The molecule has 0 aliphatic rings. The minimum atomic E-state index is -0.543. The largest absolute Gasteiger partial charge is 0.497 e. The molecular formula is C20H25NO3. The molecule has 4 nitrogen and oxygen atoms in total. The molecule has 0 aliphatic carbocycles. The first-order chi connectivity index (χ1) is 11.5. The Kier molecular flexibility index (Phi) is 6.24. The van der Waals surface area contributed by atoms with E-state index in [1.54, 1.807) is 19.2 Å². The minimum Gasteiger partial charge on any atom is -0.497 e. The Bertz CT molecular complexity index is 665. The van der Waals surface area contributed by atoms with Crippen LogP contribution in [0, 0.1) is 0 Å². The highest BCUT2D eigenvalue weighted by Gasteiger charge is 2.20. The van der Waals surface area contributed by atoms with Gasteiger partial charge in [0.1, 0.15) is 11.5 Å². The Hall–Kier alpha value is -2.49. The van der Waals surface area contributed by atoms with Crippen LogP contribution in [0.5, 0.6) is 11.5 Å². The first-order valence-corrected chi connectivity index (χ1v) is 8.25. The lowest BCUT2D eigenvalue weighted by molar-refractivity contribution is -0.122. The summed E-state index contributed by atoms with van der Waals surface area (Å²) in [6, 6.07) is 15.1. The van der Waals surface area contributed by atoms with Crippen LogP contribution in [0.2, 0.25) is 0 Å². The third kappa shape index (κ3) is 4.51. The molecule has 0 unspecified atom stereocenters. The molecular weight excluding hydrogens is 302 g/mol. The van der Waals surface area contributed by atoms with Crippen molar-refractivity contribution < 1.29 is 14.3 Å². The van der Waals surface area contributed by atoms with Crippen molar-refractivity contribution >= 4 is 11.6 Å². The van der Waals surface area contributed by atoms with Gasteiger partial charge < -0.3 is 14.8 Å². The van der Waals surface area contributed by atoms with Gasteiger partial charge in [-0.05, 0) is 48.2 Å². The molecule has 24 heavy (non-hydrogen) atoms. The number of nitrogens with one attached hydrogen (secondary N) is 1. The summed E-state index contributed by atoms with van der Waals surface area (Å²) in [5.74, 6) is 1.60. The predicted octanol–water partition coefficient (Wildman–Crippen LogP) is 4.61. The highest BCUT2D eigenvalue weighted by molar-refractivity contribution is 5.95. The van der Waals surface area contributed by atoms with E-state index in [0.29, 0.717) is 18.1 Å². The van der Waals surface area contributed by atoms with E-state index in [4.69, 9.17) is 9.47 Å². The van der Waals surface area contributed by atoms with Crippen molar-refractivity contribution in [3.8, 4) is 11.5 Å². The lowest BCUT2D eigenvalue weighted by Gasteiger charge is -2.19. The van der Waals surface area contributed by atoms with Gasteiger partial charge in [0.05, 0.1) is 7.11 Å². The van der Waals surface area contributed by atoms with Crippen LogP contribution >= 0.6 is 0 Å². The summed E-state index contributed by atoms with van der Waals surface area (Å²) >= 11 is 0. The summed E-state index contributed by atoms with van der Waals surface area (Å²) in [5.41, 5.74) is 1.96. The van der Waals surface area contributed by atoms with Gasteiger partial charge >= 0.3 is 0 Å². The van der Waals surface area contributed by atoms with E-state index in [1.807, 2.05) is 43.3 Å². The van der Waals surface area contributed by atoms with Crippen molar-refractivity contribution in [3.63, 3.8) is 0 Å². The number of hydrogen-bond donors (Lipinski definition) is 1. The second kappa shape index (κ2) is 8.39. The summed E-state index contributed by atoms with van der Waals surface area (Å²) in [7, 11) is 1.62. The summed E-state index contributed by atoms with van der Waals surface area (Å²) in [6.07, 6.45) is 0.0421. The van der Waals surface area contributed by atoms with E-state index in [1.165, 1.54) is 0 Å². The Balaban J connectivity index is 2.08. The average molecular weight is 327 g/mol. The van der Waals surface area contributed by atoms with Gasteiger partial charge in [0.2, 0.25) is 0 Å². The van der Waals surface area contributed by atoms with Gasteiger partial charge in [-0.1, -0.05) is 39.0 Å². The molecule has 0 saturated carbocycles. The van der Waals surface area contributed by atoms with Crippen molar-refractivity contribution in [3.05, 3.63) is 54.1 Å². The molecule has 0 aliphatic heterocycles. The van der Waals surface area contributed by atoms with Crippen molar-refractivity contribution in [1.29, 1.82) is 0 Å². The molecule has 2 rings (SSSR count). The highest BCUT2D eigenvalue weighted by Crippen LogP contribution is 2.24. The molecule has 2 aromatic carbocycles. The standard InChI is InChI=1S/C20H25NO3/c1-5-19(24-16-12-10-15(23-4)11-13-16)20(22)21-18-9-7-6-8-17(18)14(2)3/h6-14,19H,5H2,1-4H3,(H,21,22)/t19-/m1/s1. The number of hydrogen-bond acceptors (Lipinski definition) is 3. The number of amides is 1. The molecule has 0 aromatic heterocycles. The van der Waals surface area contributed by atoms with Crippen LogP contribution in [-0.4, -0.2) is 19.1 Å². The van der Waals surface area contributed by atoms with Crippen LogP contribution in [0.3, 0.4) is 0 Å². The van der Waals surface area contributed by atoms with Crippen LogP contribution in [0.15, 0.2) is 48.5 Å². The Morgan fingerprint density at radius 3 is 2.25 bits per heavy atom. The fourth-order valence-electron chi connectivity index (χ4n) is 2.47. The quantitative estimate of drug-likeness (QED) is 0.807. The molecule has 0 bridgehead atoms. The second-order valence-electron chi connectivity index (χ2n) is 5.92. The van der Waals surface area contributed by atoms with Crippen LogP contribution < -0.4 is 14.8 Å². The third-order valence-corrected chi connectivity index (χ3v) is 3.84. The summed E-state index contributed by atoms with van der Waals surface area (Å²) in [6.45, 7) is 6.15. The number of benzene rings is 2. The maximum atomic E-state index is 12.6. The van der Waals surface area contributed by atoms with Crippen LogP contribution in [0.4, 0.5) is 5.69 Å². The molecule has 0 radical (unpaired) electrons. The lowest BCUT2D eigenvalue weighted by Crippen LogP contribution is -2.32. The summed E-state index contributed by atoms with van der Waals surface area (Å²) in [4.78, 5) is 12.6. The summed E-state index contributed by atoms with van der Waals surface area (Å²) in [5, 5.41) is 3.00. The van der Waals surface area contributed by atoms with Gasteiger partial charge in [0, 0.05) is 5.69 Å². The topological polar surface area (TPSA) is 47.6 Å². The van der Waals surface area contributed by atoms with Crippen molar-refractivity contribution in [2.75, 3.05) is 12.4 Å². The molecule has 1 atom stereocenters. The molecule has 0 saturated heterocycles. The van der Waals surface area contributed by atoms with Gasteiger partial charge in [-0.2, -0.15) is 0 Å². The summed E-state index contributed by atoms with van der Waals surface area (Å²) < 4.78 is 11.0. The van der Waals surface area contributed by atoms with E-state index in [2.05, 4.69) is 19.2 Å². The van der Waals surface area contributed by atoms with Gasteiger partial charge in [0.25, 0.3) is 5.91 Å². The van der Waals surface area contributed by atoms with E-state index >= 15 is 0 Å². The molecule has 1 N–H and O–H groups in total. The van der Waals surface area contributed by atoms with Crippen LogP contribution in [-0.2, 0) is 4.79 Å². The molecule has 128 valence electrons. The fraction of sp³-hybridized carbons (Fsp3) is 0.350. The first-order valence-electron chi connectivity index (χ1n) is 8.25. The van der Waals surface area contributed by atoms with Crippen molar-refractivity contribution in [1.82, 2.24) is 0 Å². The number of methoxy groups -OCH3 is 1. The molecule has 0 fully saturated rings. The Morgan fingerprint density at radius 2 is 1.67 bits per heavy atom. The number of ether oxygens (including phenoxy) is 2. The molecule has 0 heterocycles. The Labute approximate surface area is 143 Å². The number of anilines is 1.